The maximum atomic E-state index is 12.0. The van der Waals surface area contributed by atoms with Gasteiger partial charge in [0.05, 0.1) is 0 Å². The van der Waals surface area contributed by atoms with E-state index >= 15 is 0 Å². The highest BCUT2D eigenvalue weighted by molar-refractivity contribution is 7.51. The first kappa shape index (κ1) is 21.5. The summed E-state index contributed by atoms with van der Waals surface area (Å²) in [6.45, 7) is 11.9. The molecule has 0 rings (SSSR count). The minimum atomic E-state index is -3.88. The van der Waals surface area contributed by atoms with E-state index in [1.54, 1.807) is 0 Å². The Hall–Kier alpha value is 0.544. The second-order valence-corrected chi connectivity index (χ2v) is 18.0. The van der Waals surface area contributed by atoms with Gasteiger partial charge in [0, 0.05) is 0 Å². The van der Waals surface area contributed by atoms with Crippen LogP contribution >= 0.6 is 7.82 Å². The monoisotopic (exact) mass is 354 g/mol. The normalized spacial score (nSPS) is 16.0. The molecule has 0 aliphatic rings. The number of rotatable bonds is 12. The molecule has 128 valence electrons. The van der Waals surface area contributed by atoms with Crippen molar-refractivity contribution in [3.05, 3.63) is 0 Å². The highest BCUT2D eigenvalue weighted by Gasteiger charge is 2.37. The van der Waals surface area contributed by atoms with Crippen LogP contribution < -0.4 is 0 Å². The van der Waals surface area contributed by atoms with Crippen LogP contribution in [0, 0.1) is 0 Å². The van der Waals surface area contributed by atoms with Crippen molar-refractivity contribution in [2.75, 3.05) is 0 Å². The van der Waals surface area contributed by atoms with E-state index in [1.165, 1.54) is 38.5 Å². The van der Waals surface area contributed by atoms with Crippen LogP contribution in [-0.2, 0) is 13.0 Å². The van der Waals surface area contributed by atoms with Crippen molar-refractivity contribution in [1.82, 2.24) is 0 Å². The van der Waals surface area contributed by atoms with Crippen molar-refractivity contribution < 1.29 is 17.9 Å². The van der Waals surface area contributed by atoms with Crippen molar-refractivity contribution in [3.8, 4) is 0 Å². The zero-order valence-electron chi connectivity index (χ0n) is 14.8. The van der Waals surface area contributed by atoms with Crippen molar-refractivity contribution in [2.45, 2.75) is 90.6 Å². The Kier molecular flexibility index (Phi) is 9.88. The molecule has 1 atom stereocenters. The van der Waals surface area contributed by atoms with Crippen molar-refractivity contribution >= 4 is 24.5 Å². The summed E-state index contributed by atoms with van der Waals surface area (Å²) in [7, 11) is -8.08. The third kappa shape index (κ3) is 13.9. The number of unbranched alkanes of at least 4 members (excludes halogenated alkanes) is 6. The van der Waals surface area contributed by atoms with E-state index in [4.69, 9.17) is 8.43 Å². The molecular formula is C14H35O4PSi2. The van der Waals surface area contributed by atoms with Gasteiger partial charge in [-0.05, 0) is 38.8 Å². The summed E-state index contributed by atoms with van der Waals surface area (Å²) in [4.78, 5) is 9.87. The van der Waals surface area contributed by atoms with E-state index < -0.39 is 24.5 Å². The van der Waals surface area contributed by atoms with Gasteiger partial charge < -0.3 is 13.3 Å². The molecule has 0 fully saturated rings. The quantitative estimate of drug-likeness (QED) is 0.269. The second-order valence-electron chi connectivity index (χ2n) is 7.39. The minimum Gasteiger partial charge on any atom is -0.331 e. The van der Waals surface area contributed by atoms with Crippen LogP contribution in [0.2, 0.25) is 38.8 Å². The first-order valence-electron chi connectivity index (χ1n) is 8.22. The Morgan fingerprint density at radius 2 is 1.33 bits per heavy atom. The maximum Gasteiger partial charge on any atom is 0.452 e. The summed E-state index contributed by atoms with van der Waals surface area (Å²) in [6.07, 6.45) is 8.75. The molecule has 0 aromatic carbocycles. The molecule has 4 nitrogen and oxygen atoms in total. The molecule has 0 saturated carbocycles. The summed E-state index contributed by atoms with van der Waals surface area (Å²) in [5.41, 5.74) is 0. The lowest BCUT2D eigenvalue weighted by Crippen LogP contribution is -2.32. The lowest BCUT2D eigenvalue weighted by molar-refractivity contribution is 0.285. The number of hydrogen-bond acceptors (Lipinski definition) is 3. The maximum absolute atomic E-state index is 12.0. The van der Waals surface area contributed by atoms with Gasteiger partial charge in [0.2, 0.25) is 8.32 Å². The standard InChI is InChI=1S/C14H35O4PSi2/c1-7-8-9-10-11-12-13-14-21(5,6)18-19(15,16)17-20(2,3)4/h7-14H2,1-6H3,(H,15,16). The van der Waals surface area contributed by atoms with Crippen LogP contribution in [0.1, 0.15) is 51.9 Å². The van der Waals surface area contributed by atoms with E-state index in [2.05, 4.69) is 6.92 Å². The predicted octanol–water partition coefficient (Wildman–Crippen LogP) is 5.91. The largest absolute Gasteiger partial charge is 0.452 e. The fraction of sp³-hybridized carbons (Fsp3) is 1.00. The third-order valence-electron chi connectivity index (χ3n) is 3.13. The van der Waals surface area contributed by atoms with Crippen LogP contribution in [0.4, 0.5) is 0 Å². The van der Waals surface area contributed by atoms with Gasteiger partial charge in [-0.2, -0.15) is 0 Å². The van der Waals surface area contributed by atoms with Crippen molar-refractivity contribution in [1.29, 1.82) is 0 Å². The zero-order chi connectivity index (χ0) is 16.6. The van der Waals surface area contributed by atoms with Gasteiger partial charge in [-0.3, -0.25) is 0 Å². The number of hydrogen-bond donors (Lipinski definition) is 1. The Labute approximate surface area is 133 Å². The first-order valence-corrected chi connectivity index (χ1v) is 16.2. The van der Waals surface area contributed by atoms with Crippen LogP contribution in [-0.4, -0.2) is 21.5 Å². The average molecular weight is 355 g/mol. The summed E-state index contributed by atoms with van der Waals surface area (Å²) in [5, 5.41) is 0. The molecule has 0 spiro atoms. The van der Waals surface area contributed by atoms with Gasteiger partial charge in [0.1, 0.15) is 0 Å². The lowest BCUT2D eigenvalue weighted by atomic mass is 10.1. The molecular weight excluding hydrogens is 319 g/mol. The highest BCUT2D eigenvalue weighted by Crippen LogP contribution is 2.49. The molecule has 1 N–H and O–H groups in total. The average Bonchev–Trinajstić information content (AvgIpc) is 2.22. The Bertz CT molecular complexity index is 329. The molecule has 0 aromatic heterocycles. The number of phosphoric acid groups is 1. The fourth-order valence-electron chi connectivity index (χ4n) is 2.23. The van der Waals surface area contributed by atoms with Crippen LogP contribution in [0.25, 0.3) is 0 Å². The Balaban J connectivity index is 4.00. The van der Waals surface area contributed by atoms with E-state index in [-0.39, 0.29) is 0 Å². The van der Waals surface area contributed by atoms with Crippen LogP contribution in [0.3, 0.4) is 0 Å². The zero-order valence-corrected chi connectivity index (χ0v) is 17.7. The molecule has 0 saturated heterocycles. The van der Waals surface area contributed by atoms with E-state index in [0.29, 0.717) is 0 Å². The van der Waals surface area contributed by atoms with E-state index in [9.17, 15) is 9.46 Å². The van der Waals surface area contributed by atoms with Gasteiger partial charge in [0.25, 0.3) is 0 Å². The SMILES string of the molecule is CCCCCCCCC[Si](C)(C)OP(=O)(O)O[Si](C)(C)C. The Morgan fingerprint density at radius 1 is 0.857 bits per heavy atom. The van der Waals surface area contributed by atoms with Gasteiger partial charge in [-0.15, -0.1) is 0 Å². The summed E-state index contributed by atoms with van der Waals surface area (Å²) < 4.78 is 22.8. The topological polar surface area (TPSA) is 55.8 Å². The van der Waals surface area contributed by atoms with Crippen LogP contribution in [0.15, 0.2) is 0 Å². The molecule has 7 heteroatoms. The molecule has 0 aromatic rings. The molecule has 0 heterocycles. The van der Waals surface area contributed by atoms with Crippen molar-refractivity contribution in [3.63, 3.8) is 0 Å². The van der Waals surface area contributed by atoms with Gasteiger partial charge in [-0.1, -0.05) is 51.9 Å². The third-order valence-corrected chi connectivity index (χ3v) is 10.7. The van der Waals surface area contributed by atoms with Crippen LogP contribution in [0.5, 0.6) is 0 Å². The summed E-state index contributed by atoms with van der Waals surface area (Å²) in [6, 6.07) is 0.917. The smallest absolute Gasteiger partial charge is 0.331 e. The molecule has 0 aliphatic carbocycles. The molecule has 21 heavy (non-hydrogen) atoms. The predicted molar refractivity (Wildman–Crippen MR) is 95.6 cm³/mol. The summed E-state index contributed by atoms with van der Waals surface area (Å²) in [5.74, 6) is 0. The van der Waals surface area contributed by atoms with Crippen molar-refractivity contribution in [2.24, 2.45) is 0 Å². The lowest BCUT2D eigenvalue weighted by Gasteiger charge is -2.28. The molecule has 0 radical (unpaired) electrons. The second kappa shape index (κ2) is 9.63. The van der Waals surface area contributed by atoms with Gasteiger partial charge in [0.15, 0.2) is 8.32 Å². The molecule has 0 amide bonds. The molecule has 1 unspecified atom stereocenters. The molecule has 0 bridgehead atoms. The Morgan fingerprint density at radius 3 is 1.81 bits per heavy atom. The van der Waals surface area contributed by atoms with Gasteiger partial charge >= 0.3 is 7.82 Å². The fourth-order valence-corrected chi connectivity index (χ4v) is 9.45. The summed E-state index contributed by atoms with van der Waals surface area (Å²) >= 11 is 0. The van der Waals surface area contributed by atoms with Gasteiger partial charge in [-0.25, -0.2) is 4.57 Å². The van der Waals surface area contributed by atoms with E-state index in [0.717, 1.165) is 12.5 Å². The minimum absolute atomic E-state index is 0.917. The van der Waals surface area contributed by atoms with E-state index in [1.807, 2.05) is 32.7 Å². The molecule has 0 aliphatic heterocycles. The first-order chi connectivity index (χ1) is 9.47. The highest BCUT2D eigenvalue weighted by atomic mass is 31.2.